The Morgan fingerprint density at radius 1 is 0.710 bits per heavy atom. The topological polar surface area (TPSA) is 178 Å². The van der Waals surface area contributed by atoms with E-state index in [9.17, 15) is 26.4 Å². The first-order chi connectivity index (χ1) is 28.7. The largest absolute Gasteiger partial charge is 0.497 e. The number of carbonyl (C=O) groups is 2. The van der Waals surface area contributed by atoms with Gasteiger partial charge in [0, 0.05) is 61.0 Å². The van der Waals surface area contributed by atoms with Gasteiger partial charge in [-0.1, -0.05) is 32.9 Å². The molecule has 2 N–H and O–H groups in total. The number of rotatable bonds is 9. The molecule has 338 valence electrons. The third-order valence-electron chi connectivity index (χ3n) is 11.3. The average Bonchev–Trinajstić information content (AvgIpc) is 4.02. The number of sulfonamides is 2. The van der Waals surface area contributed by atoms with Crippen LogP contribution in [0.1, 0.15) is 119 Å². The third-order valence-corrected chi connectivity index (χ3v) is 14.4. The van der Waals surface area contributed by atoms with Crippen LogP contribution in [0.25, 0.3) is 33.1 Å². The van der Waals surface area contributed by atoms with Gasteiger partial charge in [0.2, 0.25) is 20.0 Å². The van der Waals surface area contributed by atoms with Gasteiger partial charge in [-0.3, -0.25) is 18.2 Å². The Morgan fingerprint density at radius 2 is 1.10 bits per heavy atom. The number of halogens is 1. The second kappa shape index (κ2) is 18.6. The van der Waals surface area contributed by atoms with Crippen LogP contribution >= 0.6 is 15.9 Å². The molecule has 14 nitrogen and oxygen atoms in total. The van der Waals surface area contributed by atoms with Gasteiger partial charge in [0.25, 0.3) is 11.8 Å². The molecule has 2 aromatic carbocycles. The zero-order valence-corrected chi connectivity index (χ0v) is 41.3. The zero-order valence-electron chi connectivity index (χ0n) is 38.0. The first-order valence-corrected chi connectivity index (χ1v) is 25.2. The van der Waals surface area contributed by atoms with E-state index in [-0.39, 0.29) is 11.8 Å². The van der Waals surface area contributed by atoms with E-state index in [4.69, 9.17) is 18.1 Å². The summed E-state index contributed by atoms with van der Waals surface area (Å²) in [4.78, 5) is 25.4. The Balaban J connectivity index is 0.000000223. The molecule has 3 heterocycles. The molecule has 0 bridgehead atoms. The van der Waals surface area contributed by atoms with Crippen molar-refractivity contribution in [3.8, 4) is 0 Å². The lowest BCUT2D eigenvalue weighted by Gasteiger charge is -2.32. The maximum Gasteiger partial charge on any atom is 0.497 e. The highest BCUT2D eigenvalue weighted by Crippen LogP contribution is 2.42. The summed E-state index contributed by atoms with van der Waals surface area (Å²) >= 11 is 3.41. The van der Waals surface area contributed by atoms with Crippen LogP contribution in [0.15, 0.2) is 49.7 Å². The number of fused-ring (bicyclic) bond motifs is 2. The third kappa shape index (κ3) is 10.1. The van der Waals surface area contributed by atoms with Crippen molar-refractivity contribution < 1.29 is 44.6 Å². The molecule has 2 amide bonds. The highest BCUT2D eigenvalue weighted by atomic mass is 79.9. The zero-order chi connectivity index (χ0) is 46.3. The van der Waals surface area contributed by atoms with E-state index in [0.717, 1.165) is 68.1 Å². The van der Waals surface area contributed by atoms with Crippen LogP contribution in [0.2, 0.25) is 0 Å². The first-order valence-electron chi connectivity index (χ1n) is 20.7. The molecular weight excluding hydrogens is 899 g/mol. The predicted octanol–water partition coefficient (Wildman–Crippen LogP) is 8.24. The molecule has 62 heavy (non-hydrogen) atoms. The Labute approximate surface area is 375 Å². The summed E-state index contributed by atoms with van der Waals surface area (Å²) in [5, 5.41) is 6.60. The van der Waals surface area contributed by atoms with E-state index < -0.39 is 38.4 Å². The van der Waals surface area contributed by atoms with Crippen molar-refractivity contribution in [2.45, 2.75) is 98.2 Å². The molecule has 0 unspecified atom stereocenters. The highest BCUT2D eigenvalue weighted by Gasteiger charge is 2.53. The predicted molar refractivity (Wildman–Crippen MR) is 253 cm³/mol. The quantitative estimate of drug-likeness (QED) is 0.155. The minimum absolute atomic E-state index is 0.224. The minimum atomic E-state index is -3.58. The van der Waals surface area contributed by atoms with Crippen LogP contribution in [-0.2, 0) is 29.4 Å². The van der Waals surface area contributed by atoms with Crippen molar-refractivity contribution in [3.63, 3.8) is 0 Å². The van der Waals surface area contributed by atoms with E-state index in [1.807, 2.05) is 27.7 Å². The van der Waals surface area contributed by atoms with Gasteiger partial charge in [-0.2, -0.15) is 0 Å². The molecule has 0 radical (unpaired) electrons. The normalized spacial score (nSPS) is 17.0. The van der Waals surface area contributed by atoms with Gasteiger partial charge in [-0.15, -0.1) is 0 Å². The number of hydrogen-bond donors (Lipinski definition) is 2. The molecule has 0 saturated carbocycles. The van der Waals surface area contributed by atoms with Crippen molar-refractivity contribution in [3.05, 3.63) is 63.5 Å². The van der Waals surface area contributed by atoms with Gasteiger partial charge >= 0.3 is 7.12 Å². The monoisotopic (exact) mass is 958 g/mol. The van der Waals surface area contributed by atoms with E-state index in [1.54, 1.807) is 38.4 Å². The van der Waals surface area contributed by atoms with Crippen molar-refractivity contribution in [2.24, 2.45) is 5.92 Å². The van der Waals surface area contributed by atoms with Crippen molar-refractivity contribution in [1.82, 2.24) is 10.6 Å². The van der Waals surface area contributed by atoms with Crippen molar-refractivity contribution >= 4 is 105 Å². The summed E-state index contributed by atoms with van der Waals surface area (Å²) in [6.07, 6.45) is 12.1. The fraction of sp³-hybridized carbons (Fsp3) is 0.500. The SMILES string of the molecule is CC(C)C.CNC(=O)c1c(C2=CCCC2)oc2cc(N(C)S(C)(=O)=O)c(B3OC(C)(C)C(C)(C)O3)cc12.CNC(=O)c1c(C2=CCCC2)oc2cc(N(C)S(C)(=O)=O)c(Br)cc12. The molecule has 0 atom stereocenters. The van der Waals surface area contributed by atoms with Gasteiger partial charge in [0.15, 0.2) is 0 Å². The summed E-state index contributed by atoms with van der Waals surface area (Å²) in [6, 6.07) is 6.80. The number of nitrogens with one attached hydrogen (secondary N) is 2. The van der Waals surface area contributed by atoms with E-state index >= 15 is 0 Å². The Kier molecular flexibility index (Phi) is 14.6. The van der Waals surface area contributed by atoms with Gasteiger partial charge in [0.1, 0.15) is 22.7 Å². The van der Waals surface area contributed by atoms with Gasteiger partial charge < -0.3 is 28.8 Å². The maximum atomic E-state index is 12.9. The number of furan rings is 2. The molecule has 1 fully saturated rings. The standard InChI is InChI=1S/C23H31BN2O6S.C17H19BrN2O4S.C4H10/c1-22(2)23(3,4)32-24(31-22)16-12-15-18(13-17(16)26(6)33(7,28)29)30-20(14-10-8-9-11-14)19(15)21(27)25-5;1-19-17(21)15-11-8-12(18)13(20(2)25(3,22)23)9-14(11)24-16(15)10-6-4-5-7-10;1-4(2)3/h10,12-13H,8-9,11H2,1-7H3,(H,25,27);6,8-9H,4-5,7H2,1-3H3,(H,19,21);4H,1-3H3. The number of hydrogen-bond acceptors (Lipinski definition) is 10. The number of allylic oxidation sites excluding steroid dienone is 4. The Hall–Kier alpha value is -4.10. The molecule has 4 aromatic rings. The van der Waals surface area contributed by atoms with Crippen LogP contribution in [0, 0.1) is 5.92 Å². The van der Waals surface area contributed by atoms with Crippen LogP contribution in [-0.4, -0.2) is 87.7 Å². The number of amides is 2. The summed E-state index contributed by atoms with van der Waals surface area (Å²) in [5.41, 5.74) is 3.97. The molecule has 18 heteroatoms. The summed E-state index contributed by atoms with van der Waals surface area (Å²) in [7, 11) is -1.71. The molecule has 0 spiro atoms. The van der Waals surface area contributed by atoms with E-state index in [2.05, 4.69) is 59.5 Å². The lowest BCUT2D eigenvalue weighted by atomic mass is 9.77. The Morgan fingerprint density at radius 3 is 1.47 bits per heavy atom. The number of nitrogens with zero attached hydrogens (tertiary/aromatic N) is 2. The maximum absolute atomic E-state index is 12.9. The molecule has 1 saturated heterocycles. The molecule has 7 rings (SSSR count). The van der Waals surface area contributed by atoms with Crippen molar-refractivity contribution in [2.75, 3.05) is 49.3 Å². The number of anilines is 2. The fourth-order valence-corrected chi connectivity index (χ4v) is 8.94. The first kappa shape index (κ1) is 48.9. The van der Waals surface area contributed by atoms with Crippen LogP contribution in [0.3, 0.4) is 0 Å². The lowest BCUT2D eigenvalue weighted by molar-refractivity contribution is 0.00578. The van der Waals surface area contributed by atoms with Crippen molar-refractivity contribution in [1.29, 1.82) is 0 Å². The summed E-state index contributed by atoms with van der Waals surface area (Å²) in [6.45, 7) is 14.2. The Bertz CT molecular complexity index is 2650. The molecular formula is C44H60BBrN4O10S2. The van der Waals surface area contributed by atoms with E-state index in [0.29, 0.717) is 65.9 Å². The van der Waals surface area contributed by atoms with Crippen LogP contribution in [0.5, 0.6) is 0 Å². The number of carbonyl (C=O) groups excluding carboxylic acids is 2. The molecule has 2 aliphatic carbocycles. The second-order valence-corrected chi connectivity index (χ2v) is 22.4. The molecule has 1 aliphatic heterocycles. The van der Waals surface area contributed by atoms with Gasteiger partial charge in [-0.05, 0) is 111 Å². The highest BCUT2D eigenvalue weighted by molar-refractivity contribution is 9.10. The van der Waals surface area contributed by atoms with Crippen LogP contribution < -0.4 is 24.7 Å². The lowest BCUT2D eigenvalue weighted by Crippen LogP contribution is -2.41. The van der Waals surface area contributed by atoms with Gasteiger partial charge in [-0.25, -0.2) is 16.8 Å². The second-order valence-electron chi connectivity index (χ2n) is 17.5. The van der Waals surface area contributed by atoms with Crippen LogP contribution in [0.4, 0.5) is 11.4 Å². The van der Waals surface area contributed by atoms with Gasteiger partial charge in [0.05, 0.1) is 46.2 Å². The van der Waals surface area contributed by atoms with E-state index in [1.165, 1.54) is 22.7 Å². The smallest absolute Gasteiger partial charge is 0.455 e. The summed E-state index contributed by atoms with van der Waals surface area (Å²) < 4.78 is 76.2. The minimum Gasteiger partial charge on any atom is -0.455 e. The molecule has 3 aliphatic rings. The number of benzene rings is 2. The average molecular weight is 960 g/mol. The summed E-state index contributed by atoms with van der Waals surface area (Å²) in [5.74, 6) is 1.44. The molecule has 2 aromatic heterocycles. The fourth-order valence-electron chi connectivity index (χ4n) is 7.19.